The molecule has 0 aliphatic rings. The van der Waals surface area contributed by atoms with Gasteiger partial charge in [-0.15, -0.1) is 0 Å². The Hall–Kier alpha value is -1.06. The summed E-state index contributed by atoms with van der Waals surface area (Å²) in [5, 5.41) is 8.43. The molecule has 0 saturated heterocycles. The van der Waals surface area contributed by atoms with Crippen LogP contribution in [0.25, 0.3) is 0 Å². The standard InChI is InChI=1S/C12H22O4/c1-3-5-7-10(6-4-2)16-12(15)9-8-11(13)14/h10H,3-9H2,1-2H3,(H,13,14). The molecule has 0 radical (unpaired) electrons. The van der Waals surface area contributed by atoms with Crippen LogP contribution in [0.4, 0.5) is 0 Å². The summed E-state index contributed by atoms with van der Waals surface area (Å²) in [5.41, 5.74) is 0. The molecule has 94 valence electrons. The molecule has 0 aromatic carbocycles. The van der Waals surface area contributed by atoms with E-state index in [9.17, 15) is 9.59 Å². The van der Waals surface area contributed by atoms with Gasteiger partial charge in [0.15, 0.2) is 0 Å². The van der Waals surface area contributed by atoms with Crippen LogP contribution in [0.15, 0.2) is 0 Å². The maximum atomic E-state index is 11.3. The molecule has 4 nitrogen and oxygen atoms in total. The average Bonchev–Trinajstić information content (AvgIpc) is 2.23. The van der Waals surface area contributed by atoms with E-state index in [1.165, 1.54) is 0 Å². The Bertz CT molecular complexity index is 213. The number of carboxylic acids is 1. The van der Waals surface area contributed by atoms with Gasteiger partial charge >= 0.3 is 11.9 Å². The van der Waals surface area contributed by atoms with Crippen molar-refractivity contribution in [2.24, 2.45) is 0 Å². The molecule has 4 heteroatoms. The third kappa shape index (κ3) is 8.26. The first-order valence-corrected chi connectivity index (χ1v) is 6.01. The van der Waals surface area contributed by atoms with Crippen molar-refractivity contribution < 1.29 is 19.4 Å². The highest BCUT2D eigenvalue weighted by Crippen LogP contribution is 2.12. The fraction of sp³-hybridized carbons (Fsp3) is 0.833. The summed E-state index contributed by atoms with van der Waals surface area (Å²) in [5.74, 6) is -1.35. The average molecular weight is 230 g/mol. The fourth-order valence-corrected chi connectivity index (χ4v) is 1.47. The van der Waals surface area contributed by atoms with Gasteiger partial charge in [0.1, 0.15) is 6.10 Å². The smallest absolute Gasteiger partial charge is 0.306 e. The quantitative estimate of drug-likeness (QED) is 0.618. The number of hydrogen-bond donors (Lipinski definition) is 1. The van der Waals surface area contributed by atoms with E-state index in [1.807, 2.05) is 6.92 Å². The van der Waals surface area contributed by atoms with Crippen molar-refractivity contribution in [3.05, 3.63) is 0 Å². The molecule has 0 rings (SSSR count). The molecule has 16 heavy (non-hydrogen) atoms. The number of carbonyl (C=O) groups is 2. The lowest BCUT2D eigenvalue weighted by atomic mass is 10.1. The Morgan fingerprint density at radius 3 is 2.31 bits per heavy atom. The van der Waals surface area contributed by atoms with Gasteiger partial charge in [0.05, 0.1) is 12.8 Å². The Kier molecular flexibility index (Phi) is 8.58. The van der Waals surface area contributed by atoms with Gasteiger partial charge in [-0.1, -0.05) is 33.1 Å². The van der Waals surface area contributed by atoms with Crippen LogP contribution in [0.1, 0.15) is 58.8 Å². The van der Waals surface area contributed by atoms with E-state index in [1.54, 1.807) is 0 Å². The molecule has 0 heterocycles. The zero-order chi connectivity index (χ0) is 12.4. The fourth-order valence-electron chi connectivity index (χ4n) is 1.47. The SMILES string of the molecule is CCCCC(CCC)OC(=O)CCC(=O)O. The molecule has 0 spiro atoms. The molecule has 0 aliphatic carbocycles. The van der Waals surface area contributed by atoms with Crippen LogP contribution in [-0.4, -0.2) is 23.1 Å². The molecule has 0 fully saturated rings. The van der Waals surface area contributed by atoms with Crippen molar-refractivity contribution in [3.63, 3.8) is 0 Å². The van der Waals surface area contributed by atoms with Crippen LogP contribution in [0.5, 0.6) is 0 Å². The highest BCUT2D eigenvalue weighted by molar-refractivity contribution is 5.76. The normalized spacial score (nSPS) is 12.1. The molecule has 1 unspecified atom stereocenters. The van der Waals surface area contributed by atoms with Gasteiger partial charge < -0.3 is 9.84 Å². The summed E-state index contributed by atoms with van der Waals surface area (Å²) in [4.78, 5) is 21.6. The summed E-state index contributed by atoms with van der Waals surface area (Å²) in [6.07, 6.45) is 4.62. The zero-order valence-corrected chi connectivity index (χ0v) is 10.2. The summed E-state index contributed by atoms with van der Waals surface area (Å²) < 4.78 is 5.24. The van der Waals surface area contributed by atoms with Gasteiger partial charge in [0, 0.05) is 0 Å². The van der Waals surface area contributed by atoms with Gasteiger partial charge in [-0.3, -0.25) is 9.59 Å². The van der Waals surface area contributed by atoms with E-state index in [-0.39, 0.29) is 18.9 Å². The van der Waals surface area contributed by atoms with Gasteiger partial charge in [-0.2, -0.15) is 0 Å². The van der Waals surface area contributed by atoms with Crippen molar-refractivity contribution in [2.45, 2.75) is 64.9 Å². The lowest BCUT2D eigenvalue weighted by molar-refractivity contribution is -0.152. The molecule has 0 saturated carbocycles. The number of carbonyl (C=O) groups excluding carboxylic acids is 1. The maximum absolute atomic E-state index is 11.3. The Balaban J connectivity index is 3.86. The van der Waals surface area contributed by atoms with Gasteiger partial charge in [0.2, 0.25) is 0 Å². The third-order valence-electron chi connectivity index (χ3n) is 2.33. The number of esters is 1. The van der Waals surface area contributed by atoms with E-state index in [0.717, 1.165) is 32.1 Å². The first-order valence-electron chi connectivity index (χ1n) is 6.01. The van der Waals surface area contributed by atoms with Crippen LogP contribution in [-0.2, 0) is 14.3 Å². The summed E-state index contributed by atoms with van der Waals surface area (Å²) in [6.45, 7) is 4.14. The highest BCUT2D eigenvalue weighted by atomic mass is 16.5. The molecule has 0 aromatic heterocycles. The highest BCUT2D eigenvalue weighted by Gasteiger charge is 2.14. The van der Waals surface area contributed by atoms with Crippen LogP contribution >= 0.6 is 0 Å². The molecule has 1 atom stereocenters. The lowest BCUT2D eigenvalue weighted by Gasteiger charge is -2.16. The topological polar surface area (TPSA) is 63.6 Å². The van der Waals surface area contributed by atoms with Crippen molar-refractivity contribution in [2.75, 3.05) is 0 Å². The number of ether oxygens (including phenoxy) is 1. The Labute approximate surface area is 97.0 Å². The van der Waals surface area contributed by atoms with Gasteiger partial charge in [-0.25, -0.2) is 0 Å². The minimum Gasteiger partial charge on any atom is -0.481 e. The minimum absolute atomic E-state index is 0.0261. The molecular weight excluding hydrogens is 208 g/mol. The van der Waals surface area contributed by atoms with Crippen molar-refractivity contribution in [1.29, 1.82) is 0 Å². The van der Waals surface area contributed by atoms with Gasteiger partial charge in [-0.05, 0) is 12.8 Å². The molecule has 0 aromatic rings. The predicted octanol–water partition coefficient (Wildman–Crippen LogP) is 2.75. The second kappa shape index (κ2) is 9.19. The Morgan fingerprint density at radius 2 is 1.81 bits per heavy atom. The molecule has 0 bridgehead atoms. The summed E-state index contributed by atoms with van der Waals surface area (Å²) >= 11 is 0. The third-order valence-corrected chi connectivity index (χ3v) is 2.33. The predicted molar refractivity (Wildman–Crippen MR) is 61.2 cm³/mol. The summed E-state index contributed by atoms with van der Waals surface area (Å²) in [7, 11) is 0. The Morgan fingerprint density at radius 1 is 1.12 bits per heavy atom. The van der Waals surface area contributed by atoms with E-state index in [4.69, 9.17) is 9.84 Å². The zero-order valence-electron chi connectivity index (χ0n) is 10.2. The number of unbranched alkanes of at least 4 members (excludes halogenated alkanes) is 1. The largest absolute Gasteiger partial charge is 0.481 e. The van der Waals surface area contributed by atoms with E-state index >= 15 is 0 Å². The van der Waals surface area contributed by atoms with E-state index in [2.05, 4.69) is 6.92 Å². The van der Waals surface area contributed by atoms with E-state index in [0.29, 0.717) is 0 Å². The second-order valence-corrected chi connectivity index (χ2v) is 3.94. The summed E-state index contributed by atoms with van der Waals surface area (Å²) in [6, 6.07) is 0. The van der Waals surface area contributed by atoms with Crippen LogP contribution in [0, 0.1) is 0 Å². The molecule has 1 N–H and O–H groups in total. The van der Waals surface area contributed by atoms with Crippen molar-refractivity contribution in [3.8, 4) is 0 Å². The van der Waals surface area contributed by atoms with Gasteiger partial charge in [0.25, 0.3) is 0 Å². The van der Waals surface area contributed by atoms with Crippen molar-refractivity contribution in [1.82, 2.24) is 0 Å². The maximum Gasteiger partial charge on any atom is 0.306 e. The number of carboxylic acid groups (broad SMARTS) is 1. The molecule has 0 aliphatic heterocycles. The van der Waals surface area contributed by atoms with Crippen LogP contribution < -0.4 is 0 Å². The minimum atomic E-state index is -0.961. The second-order valence-electron chi connectivity index (χ2n) is 3.94. The van der Waals surface area contributed by atoms with Crippen molar-refractivity contribution >= 4 is 11.9 Å². The molecule has 0 amide bonds. The van der Waals surface area contributed by atoms with E-state index < -0.39 is 11.9 Å². The number of rotatable bonds is 9. The van der Waals surface area contributed by atoms with Crippen LogP contribution in [0.2, 0.25) is 0 Å². The molecular formula is C12H22O4. The number of aliphatic carboxylic acids is 1. The first-order chi connectivity index (χ1) is 7.60. The number of hydrogen-bond acceptors (Lipinski definition) is 3. The van der Waals surface area contributed by atoms with Crippen LogP contribution in [0.3, 0.4) is 0 Å². The first kappa shape index (κ1) is 14.9. The lowest BCUT2D eigenvalue weighted by Crippen LogP contribution is -2.18. The monoisotopic (exact) mass is 230 g/mol.